The number of benzene rings is 4. The van der Waals surface area contributed by atoms with Crippen LogP contribution in [0.15, 0.2) is 72.8 Å². The number of amides is 2. The molecule has 32 heavy (non-hydrogen) atoms. The lowest BCUT2D eigenvalue weighted by Gasteiger charge is -2.27. The summed E-state index contributed by atoms with van der Waals surface area (Å²) in [7, 11) is 1.60. The number of methoxy groups -OCH3 is 1. The molecule has 4 aromatic rings. The van der Waals surface area contributed by atoms with Crippen LogP contribution in [0, 0.1) is 0 Å². The zero-order valence-electron chi connectivity index (χ0n) is 17.4. The van der Waals surface area contributed by atoms with Gasteiger partial charge in [0.1, 0.15) is 17.2 Å². The number of aryl methyl sites for hydroxylation is 2. The summed E-state index contributed by atoms with van der Waals surface area (Å²) < 4.78 is 11.1. The number of anilines is 1. The minimum atomic E-state index is -0.292. The molecule has 0 spiro atoms. The smallest absolute Gasteiger partial charge is 0.265 e. The Balaban J connectivity index is 1.35. The lowest BCUT2D eigenvalue weighted by Crippen LogP contribution is -2.40. The van der Waals surface area contributed by atoms with Gasteiger partial charge >= 0.3 is 0 Å². The van der Waals surface area contributed by atoms with Crippen LogP contribution in [0.4, 0.5) is 5.69 Å². The third-order valence-electron chi connectivity index (χ3n) is 6.24. The lowest BCUT2D eigenvalue weighted by atomic mass is 9.91. The molecule has 1 aliphatic carbocycles. The third kappa shape index (κ3) is 2.71. The van der Waals surface area contributed by atoms with Crippen LogP contribution in [0.3, 0.4) is 0 Å². The highest BCUT2D eigenvalue weighted by molar-refractivity contribution is 6.36. The molecule has 0 saturated carbocycles. The molecule has 5 nitrogen and oxygen atoms in total. The van der Waals surface area contributed by atoms with Crippen molar-refractivity contribution in [3.8, 4) is 17.2 Å². The minimum Gasteiger partial charge on any atom is -0.497 e. The standard InChI is InChI=1S/C27H19NO4/c1-31-20-3-2-4-21(15-20)32-19-11-9-18(10-12-19)28-26(29)22-13-7-16-5-6-17-8-14-23(27(28)30)25(22)24(16)17/h2-4,7-15H,5-6H2,1H3. The number of imide groups is 1. The van der Waals surface area contributed by atoms with Gasteiger partial charge in [-0.1, -0.05) is 18.2 Å². The van der Waals surface area contributed by atoms with Crippen LogP contribution in [0.1, 0.15) is 31.8 Å². The van der Waals surface area contributed by atoms with Gasteiger partial charge in [-0.15, -0.1) is 0 Å². The van der Waals surface area contributed by atoms with Gasteiger partial charge in [0, 0.05) is 22.6 Å². The summed E-state index contributed by atoms with van der Waals surface area (Å²) in [6.07, 6.45) is 1.91. The molecule has 0 atom stereocenters. The van der Waals surface area contributed by atoms with Crippen LogP contribution >= 0.6 is 0 Å². The van der Waals surface area contributed by atoms with E-state index in [4.69, 9.17) is 9.47 Å². The minimum absolute atomic E-state index is 0.292. The number of ether oxygens (including phenoxy) is 2. The van der Waals surface area contributed by atoms with Crippen molar-refractivity contribution in [2.45, 2.75) is 12.8 Å². The van der Waals surface area contributed by atoms with Crippen molar-refractivity contribution >= 4 is 28.3 Å². The molecule has 1 aliphatic heterocycles. The second-order valence-electron chi connectivity index (χ2n) is 8.02. The van der Waals surface area contributed by atoms with Crippen molar-refractivity contribution in [2.24, 2.45) is 0 Å². The summed E-state index contributed by atoms with van der Waals surface area (Å²) in [5.41, 5.74) is 4.11. The number of nitrogens with zero attached hydrogens (tertiary/aromatic N) is 1. The molecule has 0 N–H and O–H groups in total. The van der Waals surface area contributed by atoms with Gasteiger partial charge in [-0.3, -0.25) is 9.59 Å². The van der Waals surface area contributed by atoms with Gasteiger partial charge in [0.25, 0.3) is 11.8 Å². The molecule has 0 radical (unpaired) electrons. The molecule has 0 bridgehead atoms. The first-order chi connectivity index (χ1) is 15.6. The van der Waals surface area contributed by atoms with E-state index in [0.29, 0.717) is 34.1 Å². The van der Waals surface area contributed by atoms with E-state index in [9.17, 15) is 9.59 Å². The summed E-state index contributed by atoms with van der Waals surface area (Å²) in [4.78, 5) is 28.0. The van der Waals surface area contributed by atoms with E-state index in [1.807, 2.05) is 42.5 Å². The largest absolute Gasteiger partial charge is 0.497 e. The first kappa shape index (κ1) is 18.6. The molecule has 5 heteroatoms. The molecule has 4 aromatic carbocycles. The first-order valence-electron chi connectivity index (χ1n) is 10.5. The van der Waals surface area contributed by atoms with E-state index >= 15 is 0 Å². The van der Waals surface area contributed by atoms with Gasteiger partial charge < -0.3 is 9.47 Å². The molecule has 0 aromatic heterocycles. The second kappa shape index (κ2) is 6.95. The second-order valence-corrected chi connectivity index (χ2v) is 8.02. The summed E-state index contributed by atoms with van der Waals surface area (Å²) >= 11 is 0. The fourth-order valence-corrected chi connectivity index (χ4v) is 4.72. The number of rotatable bonds is 4. The normalized spacial score (nSPS) is 14.2. The summed E-state index contributed by atoms with van der Waals surface area (Å²) in [6, 6.07) is 22.0. The SMILES string of the molecule is COc1cccc(Oc2ccc(N3C(=O)c4ccc5c6c(ccc(c46)C3=O)CC5)cc2)c1. The van der Waals surface area contributed by atoms with E-state index in [0.717, 1.165) is 23.6 Å². The molecule has 156 valence electrons. The van der Waals surface area contributed by atoms with Crippen molar-refractivity contribution in [3.63, 3.8) is 0 Å². The summed E-state index contributed by atoms with van der Waals surface area (Å²) in [5.74, 6) is 1.35. The van der Waals surface area contributed by atoms with E-state index < -0.39 is 0 Å². The number of carbonyl (C=O) groups is 2. The zero-order valence-corrected chi connectivity index (χ0v) is 17.4. The van der Waals surface area contributed by atoms with Crippen LogP contribution in [0.2, 0.25) is 0 Å². The van der Waals surface area contributed by atoms with E-state index in [-0.39, 0.29) is 11.8 Å². The van der Waals surface area contributed by atoms with Gasteiger partial charge in [-0.2, -0.15) is 0 Å². The molecule has 0 unspecified atom stereocenters. The Bertz CT molecular complexity index is 1360. The van der Waals surface area contributed by atoms with Crippen molar-refractivity contribution < 1.29 is 19.1 Å². The Morgan fingerprint density at radius 3 is 1.94 bits per heavy atom. The fraction of sp³-hybridized carbons (Fsp3) is 0.111. The topological polar surface area (TPSA) is 55.8 Å². The lowest BCUT2D eigenvalue weighted by molar-refractivity contribution is 0.0893. The van der Waals surface area contributed by atoms with Crippen molar-refractivity contribution in [2.75, 3.05) is 12.0 Å². The first-order valence-corrected chi connectivity index (χ1v) is 10.5. The quantitative estimate of drug-likeness (QED) is 0.406. The maximum absolute atomic E-state index is 13.4. The Kier molecular flexibility index (Phi) is 4.05. The predicted octanol–water partition coefficient (Wildman–Crippen LogP) is 5.54. The van der Waals surface area contributed by atoms with Crippen LogP contribution in [-0.4, -0.2) is 18.9 Å². The third-order valence-corrected chi connectivity index (χ3v) is 6.24. The van der Waals surface area contributed by atoms with Crippen molar-refractivity contribution in [1.82, 2.24) is 0 Å². The Morgan fingerprint density at radius 2 is 1.31 bits per heavy atom. The average molecular weight is 421 g/mol. The van der Waals surface area contributed by atoms with Gasteiger partial charge in [0.15, 0.2) is 0 Å². The van der Waals surface area contributed by atoms with Gasteiger partial charge in [-0.05, 0) is 77.9 Å². The Hall–Kier alpha value is -4.12. The van der Waals surface area contributed by atoms with Gasteiger partial charge in [0.05, 0.1) is 12.8 Å². The highest BCUT2D eigenvalue weighted by Crippen LogP contribution is 2.39. The van der Waals surface area contributed by atoms with E-state index in [2.05, 4.69) is 0 Å². The van der Waals surface area contributed by atoms with E-state index in [1.54, 1.807) is 37.4 Å². The molecule has 0 saturated heterocycles. The van der Waals surface area contributed by atoms with Crippen LogP contribution < -0.4 is 14.4 Å². The zero-order chi connectivity index (χ0) is 21.8. The highest BCUT2D eigenvalue weighted by Gasteiger charge is 2.35. The molecule has 2 aliphatic rings. The average Bonchev–Trinajstić information content (AvgIpc) is 3.25. The van der Waals surface area contributed by atoms with Crippen LogP contribution in [0.25, 0.3) is 10.8 Å². The van der Waals surface area contributed by atoms with Crippen molar-refractivity contribution in [3.05, 3.63) is 95.1 Å². The summed E-state index contributed by atoms with van der Waals surface area (Å²) in [5, 5.41) is 1.89. The molecule has 6 rings (SSSR count). The van der Waals surface area contributed by atoms with Crippen LogP contribution in [0.5, 0.6) is 17.2 Å². The van der Waals surface area contributed by atoms with Crippen molar-refractivity contribution in [1.29, 1.82) is 0 Å². The maximum atomic E-state index is 13.4. The molecule has 1 heterocycles. The van der Waals surface area contributed by atoms with Gasteiger partial charge in [0.2, 0.25) is 0 Å². The highest BCUT2D eigenvalue weighted by atomic mass is 16.5. The van der Waals surface area contributed by atoms with Gasteiger partial charge in [-0.25, -0.2) is 4.90 Å². The fourth-order valence-electron chi connectivity index (χ4n) is 4.72. The number of carbonyl (C=O) groups excluding carboxylic acids is 2. The molecular formula is C27H19NO4. The number of hydrogen-bond acceptors (Lipinski definition) is 4. The predicted molar refractivity (Wildman–Crippen MR) is 122 cm³/mol. The van der Waals surface area contributed by atoms with Crippen LogP contribution in [-0.2, 0) is 12.8 Å². The monoisotopic (exact) mass is 421 g/mol. The Morgan fingerprint density at radius 1 is 0.688 bits per heavy atom. The molecule has 2 amide bonds. The summed E-state index contributed by atoms with van der Waals surface area (Å²) in [6.45, 7) is 0. The Labute approximate surface area is 184 Å². The molecule has 0 fully saturated rings. The maximum Gasteiger partial charge on any atom is 0.265 e. The molecular weight excluding hydrogens is 402 g/mol. The number of hydrogen-bond donors (Lipinski definition) is 0. The van der Waals surface area contributed by atoms with E-state index in [1.165, 1.54) is 16.0 Å².